The van der Waals surface area contributed by atoms with E-state index in [1.165, 1.54) is 28.7 Å². The Balaban J connectivity index is 2.05. The van der Waals surface area contributed by atoms with Crippen LogP contribution in [0.15, 0.2) is 10.3 Å². The molecule has 3 aromatic rings. The molecule has 1 atom stereocenters. The number of rotatable bonds is 3. The molecule has 1 aliphatic carbocycles. The van der Waals surface area contributed by atoms with Crippen molar-refractivity contribution in [3.8, 4) is 0 Å². The Labute approximate surface area is 142 Å². The molecule has 22 heavy (non-hydrogen) atoms. The average Bonchev–Trinajstić information content (AvgIpc) is 3.07. The molecule has 0 saturated carbocycles. The average molecular weight is 351 g/mol. The lowest BCUT2D eigenvalue weighted by Gasteiger charge is -2.17. The summed E-state index contributed by atoms with van der Waals surface area (Å²) in [7, 11) is 0. The first-order chi connectivity index (χ1) is 10.7. The Hall–Kier alpha value is -0.790. The Morgan fingerprint density at radius 1 is 1.32 bits per heavy atom. The molecule has 0 bridgehead atoms. The fraction of sp³-hybridized carbons (Fsp3) is 0.533. The van der Waals surface area contributed by atoms with Gasteiger partial charge in [0.15, 0.2) is 16.0 Å². The van der Waals surface area contributed by atoms with E-state index in [0.717, 1.165) is 38.9 Å². The third-order valence-electron chi connectivity index (χ3n) is 4.19. The second-order valence-corrected chi connectivity index (χ2v) is 8.79. The zero-order valence-corrected chi connectivity index (χ0v) is 15.4. The molecular formula is C15H18N4S3. The molecule has 0 aliphatic heterocycles. The number of hydrogen-bond donors (Lipinski definition) is 0. The minimum absolute atomic E-state index is 0.778. The van der Waals surface area contributed by atoms with Gasteiger partial charge in [-0.05, 0) is 42.8 Å². The van der Waals surface area contributed by atoms with Crippen molar-refractivity contribution in [1.29, 1.82) is 0 Å². The van der Waals surface area contributed by atoms with Gasteiger partial charge in [0, 0.05) is 4.88 Å². The van der Waals surface area contributed by atoms with Gasteiger partial charge in [-0.15, -0.1) is 21.5 Å². The van der Waals surface area contributed by atoms with E-state index < -0.39 is 0 Å². The summed E-state index contributed by atoms with van der Waals surface area (Å²) in [5.74, 6) is 1.77. The lowest BCUT2D eigenvalue weighted by atomic mass is 9.89. The molecule has 116 valence electrons. The lowest BCUT2D eigenvalue weighted by molar-refractivity contribution is 0.509. The van der Waals surface area contributed by atoms with Gasteiger partial charge in [0.2, 0.25) is 0 Å². The normalized spacial score (nSPS) is 18.2. The molecule has 4 rings (SSSR count). The van der Waals surface area contributed by atoms with Crippen LogP contribution in [0, 0.1) is 5.92 Å². The highest BCUT2D eigenvalue weighted by Crippen LogP contribution is 2.40. The highest BCUT2D eigenvalue weighted by Gasteiger charge is 2.25. The van der Waals surface area contributed by atoms with Crippen LogP contribution in [0.25, 0.3) is 15.9 Å². The number of nitrogens with zero attached hydrogens (tertiary/aromatic N) is 4. The Kier molecular flexibility index (Phi) is 3.82. The lowest BCUT2D eigenvalue weighted by Crippen LogP contribution is -2.08. The van der Waals surface area contributed by atoms with E-state index in [1.54, 1.807) is 23.5 Å². The Bertz CT molecular complexity index is 852. The Morgan fingerprint density at radius 2 is 2.18 bits per heavy atom. The quantitative estimate of drug-likeness (QED) is 0.520. The molecule has 0 N–H and O–H groups in total. The van der Waals surface area contributed by atoms with Gasteiger partial charge in [-0.3, -0.25) is 0 Å². The van der Waals surface area contributed by atoms with Crippen molar-refractivity contribution in [1.82, 2.24) is 19.6 Å². The Morgan fingerprint density at radius 3 is 2.95 bits per heavy atom. The highest BCUT2D eigenvalue weighted by atomic mass is 32.2. The van der Waals surface area contributed by atoms with Gasteiger partial charge in [-0.1, -0.05) is 37.4 Å². The summed E-state index contributed by atoms with van der Waals surface area (Å²) in [6.45, 7) is 4.49. The number of aryl methyl sites for hydroxylation is 1. The smallest absolute Gasteiger partial charge is 0.197 e. The molecule has 0 unspecified atom stereocenters. The molecule has 3 heterocycles. The van der Waals surface area contributed by atoms with E-state index in [2.05, 4.69) is 34.7 Å². The monoisotopic (exact) mass is 350 g/mol. The van der Waals surface area contributed by atoms with Crippen LogP contribution in [0.3, 0.4) is 0 Å². The molecule has 0 fully saturated rings. The second kappa shape index (κ2) is 5.69. The van der Waals surface area contributed by atoms with Crippen molar-refractivity contribution in [3.05, 3.63) is 10.4 Å². The molecule has 0 aromatic carbocycles. The third kappa shape index (κ3) is 2.17. The van der Waals surface area contributed by atoms with Crippen LogP contribution in [0.4, 0.5) is 0 Å². The topological polar surface area (TPSA) is 43.1 Å². The van der Waals surface area contributed by atoms with Crippen LogP contribution < -0.4 is 0 Å². The van der Waals surface area contributed by atoms with Crippen LogP contribution >= 0.6 is 34.9 Å². The van der Waals surface area contributed by atoms with E-state index in [-0.39, 0.29) is 0 Å². The molecule has 1 aliphatic rings. The summed E-state index contributed by atoms with van der Waals surface area (Å²) in [5, 5.41) is 12.1. The first-order valence-electron chi connectivity index (χ1n) is 7.59. The minimum atomic E-state index is 0.778. The zero-order chi connectivity index (χ0) is 15.3. The highest BCUT2D eigenvalue weighted by molar-refractivity contribution is 7.99. The van der Waals surface area contributed by atoms with E-state index in [9.17, 15) is 0 Å². The number of thioether (sulfide) groups is 2. The summed E-state index contributed by atoms with van der Waals surface area (Å²) >= 11 is 5.26. The maximum atomic E-state index is 4.92. The van der Waals surface area contributed by atoms with Crippen molar-refractivity contribution in [2.24, 2.45) is 5.92 Å². The van der Waals surface area contributed by atoms with Gasteiger partial charge >= 0.3 is 0 Å². The molecule has 4 nitrogen and oxygen atoms in total. The number of aromatic nitrogens is 4. The summed E-state index contributed by atoms with van der Waals surface area (Å²) in [6.07, 6.45) is 5.67. The van der Waals surface area contributed by atoms with Gasteiger partial charge in [0.05, 0.1) is 5.39 Å². The summed E-state index contributed by atoms with van der Waals surface area (Å²) in [6, 6.07) is 0. The molecular weight excluding hydrogens is 332 g/mol. The van der Waals surface area contributed by atoms with Crippen molar-refractivity contribution in [3.63, 3.8) is 0 Å². The van der Waals surface area contributed by atoms with Gasteiger partial charge < -0.3 is 0 Å². The zero-order valence-electron chi connectivity index (χ0n) is 12.9. The predicted molar refractivity (Wildman–Crippen MR) is 95.5 cm³/mol. The van der Waals surface area contributed by atoms with Crippen LogP contribution in [0.2, 0.25) is 0 Å². The molecule has 0 spiro atoms. The van der Waals surface area contributed by atoms with E-state index >= 15 is 0 Å². The molecule has 3 aromatic heterocycles. The molecule has 0 radical (unpaired) electrons. The van der Waals surface area contributed by atoms with Crippen LogP contribution in [0.5, 0.6) is 0 Å². The second-order valence-electron chi connectivity index (χ2n) is 5.71. The first-order valence-corrected chi connectivity index (χ1v) is 10.6. The number of hydrogen-bond acceptors (Lipinski definition) is 6. The van der Waals surface area contributed by atoms with Gasteiger partial charge in [0.25, 0.3) is 0 Å². The molecule has 7 heteroatoms. The molecule has 0 amide bonds. The van der Waals surface area contributed by atoms with E-state index in [1.807, 2.05) is 11.3 Å². The van der Waals surface area contributed by atoms with Crippen LogP contribution in [0.1, 0.15) is 30.7 Å². The van der Waals surface area contributed by atoms with Crippen LogP contribution in [-0.4, -0.2) is 31.6 Å². The van der Waals surface area contributed by atoms with Crippen molar-refractivity contribution in [2.45, 2.75) is 43.4 Å². The summed E-state index contributed by atoms with van der Waals surface area (Å²) in [5.41, 5.74) is 2.47. The van der Waals surface area contributed by atoms with E-state index in [0.29, 0.717) is 0 Å². The van der Waals surface area contributed by atoms with Crippen molar-refractivity contribution >= 4 is 50.7 Å². The largest absolute Gasteiger partial charge is 0.248 e. The SMILES string of the molecule is CCSc1nnc2c3c4c(sc3nc(SC)n12)C[C@@H](C)CC4. The summed E-state index contributed by atoms with van der Waals surface area (Å²) < 4.78 is 2.15. The van der Waals surface area contributed by atoms with E-state index in [4.69, 9.17) is 4.98 Å². The van der Waals surface area contributed by atoms with Gasteiger partial charge in [-0.2, -0.15) is 0 Å². The number of thiophene rings is 1. The fourth-order valence-corrected chi connectivity index (χ4v) is 5.84. The van der Waals surface area contributed by atoms with Crippen LogP contribution in [-0.2, 0) is 12.8 Å². The standard InChI is InChI=1S/C15H18N4S3/c1-4-21-15-18-17-12-11-9-6-5-8(2)7-10(9)22-13(11)16-14(20-3)19(12)15/h8H,4-7H2,1-3H3/t8-/m0/s1. The minimum Gasteiger partial charge on any atom is -0.248 e. The third-order valence-corrected chi connectivity index (χ3v) is 6.79. The molecule has 0 saturated heterocycles. The first kappa shape index (κ1) is 14.8. The van der Waals surface area contributed by atoms with Crippen molar-refractivity contribution in [2.75, 3.05) is 12.0 Å². The van der Waals surface area contributed by atoms with Crippen molar-refractivity contribution < 1.29 is 0 Å². The van der Waals surface area contributed by atoms with Gasteiger partial charge in [0.1, 0.15) is 4.83 Å². The van der Waals surface area contributed by atoms with Gasteiger partial charge in [-0.25, -0.2) is 9.38 Å². The summed E-state index contributed by atoms with van der Waals surface area (Å²) in [4.78, 5) is 7.56. The maximum Gasteiger partial charge on any atom is 0.197 e. The fourth-order valence-electron chi connectivity index (χ4n) is 3.15. The predicted octanol–water partition coefficient (Wildman–Crippen LogP) is 4.30. The maximum absolute atomic E-state index is 4.92. The number of fused-ring (bicyclic) bond motifs is 5.